The highest BCUT2D eigenvalue weighted by atomic mass is 79.9. The van der Waals surface area contributed by atoms with Crippen molar-refractivity contribution in [1.29, 1.82) is 0 Å². The van der Waals surface area contributed by atoms with Gasteiger partial charge >= 0.3 is 0 Å². The Kier molecular flexibility index (Phi) is 4.15. The van der Waals surface area contributed by atoms with E-state index in [1.807, 2.05) is 18.2 Å². The molecule has 0 aliphatic rings. The van der Waals surface area contributed by atoms with Crippen LogP contribution >= 0.6 is 15.9 Å². The predicted octanol–water partition coefficient (Wildman–Crippen LogP) is 3.24. The number of alkyl halides is 1. The molecule has 0 unspecified atom stereocenters. The first-order valence-electron chi connectivity index (χ1n) is 5.60. The van der Waals surface area contributed by atoms with Crippen molar-refractivity contribution in [1.82, 2.24) is 5.32 Å². The number of hydrogen-bond donors (Lipinski definition) is 1. The highest BCUT2D eigenvalue weighted by Gasteiger charge is 2.02. The number of amides is 1. The molecule has 1 N–H and O–H groups in total. The van der Waals surface area contributed by atoms with Crippen LogP contribution in [-0.2, 0) is 11.3 Å². The van der Waals surface area contributed by atoms with Gasteiger partial charge in [-0.25, -0.2) is 0 Å². The van der Waals surface area contributed by atoms with Crippen molar-refractivity contribution >= 4 is 32.6 Å². The zero-order valence-electron chi connectivity index (χ0n) is 9.45. The summed E-state index contributed by atoms with van der Waals surface area (Å²) in [6.45, 7) is 0.590. The molecule has 2 aromatic carbocycles. The first-order valence-corrected chi connectivity index (χ1v) is 6.72. The van der Waals surface area contributed by atoms with E-state index in [2.05, 4.69) is 45.5 Å². The van der Waals surface area contributed by atoms with E-state index >= 15 is 0 Å². The largest absolute Gasteiger partial charge is 0.352 e. The molecule has 0 aliphatic carbocycles. The van der Waals surface area contributed by atoms with Crippen LogP contribution < -0.4 is 5.32 Å². The predicted molar refractivity (Wildman–Crippen MR) is 74.2 cm³/mol. The van der Waals surface area contributed by atoms with Gasteiger partial charge in [0.15, 0.2) is 0 Å². The molecule has 0 bridgehead atoms. The lowest BCUT2D eigenvalue weighted by molar-refractivity contribution is -0.120. The van der Waals surface area contributed by atoms with Crippen molar-refractivity contribution in [3.05, 3.63) is 48.0 Å². The Balaban J connectivity index is 2.16. The van der Waals surface area contributed by atoms with Gasteiger partial charge in [0, 0.05) is 18.3 Å². The number of carbonyl (C=O) groups excluding carboxylic acids is 1. The smallest absolute Gasteiger partial charge is 0.221 e. The zero-order valence-corrected chi connectivity index (χ0v) is 11.0. The monoisotopic (exact) mass is 291 g/mol. The Bertz CT molecular complexity index is 519. The van der Waals surface area contributed by atoms with Crippen molar-refractivity contribution in [3.8, 4) is 0 Å². The molecule has 17 heavy (non-hydrogen) atoms. The van der Waals surface area contributed by atoms with E-state index in [0.29, 0.717) is 18.3 Å². The fraction of sp³-hybridized carbons (Fsp3) is 0.214. The molecule has 2 rings (SSSR count). The summed E-state index contributed by atoms with van der Waals surface area (Å²) in [7, 11) is 0. The molecule has 0 aliphatic heterocycles. The summed E-state index contributed by atoms with van der Waals surface area (Å²) < 4.78 is 0. The average Bonchev–Trinajstić information content (AvgIpc) is 2.36. The van der Waals surface area contributed by atoms with Crippen LogP contribution in [0.25, 0.3) is 10.8 Å². The van der Waals surface area contributed by atoms with Crippen LogP contribution in [0.1, 0.15) is 12.0 Å². The SMILES string of the molecule is O=C(CCBr)NCc1cccc2ccccc12. The Hall–Kier alpha value is -1.35. The Morgan fingerprint density at radius 3 is 2.71 bits per heavy atom. The Morgan fingerprint density at radius 1 is 1.12 bits per heavy atom. The van der Waals surface area contributed by atoms with Gasteiger partial charge in [0.25, 0.3) is 0 Å². The maximum atomic E-state index is 11.4. The van der Waals surface area contributed by atoms with E-state index in [-0.39, 0.29) is 5.91 Å². The standard InChI is InChI=1S/C14H14BrNO/c15-9-8-14(17)16-10-12-6-3-5-11-4-1-2-7-13(11)12/h1-7H,8-10H2,(H,16,17). The second-order valence-corrected chi connectivity index (χ2v) is 4.65. The average molecular weight is 292 g/mol. The van der Waals surface area contributed by atoms with Crippen LogP contribution in [0.3, 0.4) is 0 Å². The maximum absolute atomic E-state index is 11.4. The molecular formula is C14H14BrNO. The third-order valence-electron chi connectivity index (χ3n) is 2.68. The molecule has 1 amide bonds. The summed E-state index contributed by atoms with van der Waals surface area (Å²) in [5.74, 6) is 0.0785. The number of fused-ring (bicyclic) bond motifs is 1. The highest BCUT2D eigenvalue weighted by molar-refractivity contribution is 9.09. The minimum atomic E-state index is 0.0785. The van der Waals surface area contributed by atoms with Gasteiger partial charge in [0.1, 0.15) is 0 Å². The van der Waals surface area contributed by atoms with Crippen molar-refractivity contribution in [2.24, 2.45) is 0 Å². The van der Waals surface area contributed by atoms with Gasteiger partial charge < -0.3 is 5.32 Å². The molecule has 0 atom stereocenters. The highest BCUT2D eigenvalue weighted by Crippen LogP contribution is 2.18. The molecule has 0 spiro atoms. The van der Waals surface area contributed by atoms with Crippen LogP contribution in [-0.4, -0.2) is 11.2 Å². The molecule has 2 aromatic rings. The number of carbonyl (C=O) groups is 1. The molecule has 0 saturated heterocycles. The topological polar surface area (TPSA) is 29.1 Å². The summed E-state index contributed by atoms with van der Waals surface area (Å²) in [6, 6.07) is 14.4. The van der Waals surface area contributed by atoms with Gasteiger partial charge in [-0.3, -0.25) is 4.79 Å². The van der Waals surface area contributed by atoms with Gasteiger partial charge in [-0.05, 0) is 16.3 Å². The van der Waals surface area contributed by atoms with Gasteiger partial charge in [-0.15, -0.1) is 0 Å². The first kappa shape index (κ1) is 12.1. The van der Waals surface area contributed by atoms with Crippen molar-refractivity contribution in [2.75, 3.05) is 5.33 Å². The molecule has 0 heterocycles. The molecule has 0 saturated carbocycles. The van der Waals surface area contributed by atoms with Gasteiger partial charge in [0.05, 0.1) is 0 Å². The van der Waals surface area contributed by atoms with E-state index < -0.39 is 0 Å². The van der Waals surface area contributed by atoms with Crippen molar-refractivity contribution in [2.45, 2.75) is 13.0 Å². The quantitative estimate of drug-likeness (QED) is 0.861. The molecule has 88 valence electrons. The lowest BCUT2D eigenvalue weighted by Crippen LogP contribution is -2.22. The lowest BCUT2D eigenvalue weighted by Gasteiger charge is -2.07. The molecule has 0 radical (unpaired) electrons. The Labute approximate surface area is 109 Å². The van der Waals surface area contributed by atoms with Gasteiger partial charge in [-0.1, -0.05) is 58.4 Å². The fourth-order valence-corrected chi connectivity index (χ4v) is 2.17. The molecular weight excluding hydrogens is 278 g/mol. The van der Waals surface area contributed by atoms with E-state index in [1.54, 1.807) is 0 Å². The van der Waals surface area contributed by atoms with E-state index in [0.717, 1.165) is 5.56 Å². The molecule has 0 fully saturated rings. The summed E-state index contributed by atoms with van der Waals surface area (Å²) >= 11 is 3.26. The molecule has 2 nitrogen and oxygen atoms in total. The number of hydrogen-bond acceptors (Lipinski definition) is 1. The molecule has 0 aromatic heterocycles. The van der Waals surface area contributed by atoms with Crippen molar-refractivity contribution in [3.63, 3.8) is 0 Å². The fourth-order valence-electron chi connectivity index (χ4n) is 1.81. The van der Waals surface area contributed by atoms with E-state index in [4.69, 9.17) is 0 Å². The molecule has 3 heteroatoms. The Morgan fingerprint density at radius 2 is 1.88 bits per heavy atom. The van der Waals surface area contributed by atoms with Crippen LogP contribution in [0.4, 0.5) is 0 Å². The number of rotatable bonds is 4. The number of nitrogens with one attached hydrogen (secondary N) is 1. The number of benzene rings is 2. The number of halogens is 1. The summed E-state index contributed by atoms with van der Waals surface area (Å²) in [5, 5.41) is 6.04. The van der Waals surface area contributed by atoms with Gasteiger partial charge in [-0.2, -0.15) is 0 Å². The van der Waals surface area contributed by atoms with E-state index in [1.165, 1.54) is 10.8 Å². The minimum absolute atomic E-state index is 0.0785. The first-order chi connectivity index (χ1) is 8.31. The maximum Gasteiger partial charge on any atom is 0.221 e. The van der Waals surface area contributed by atoms with E-state index in [9.17, 15) is 4.79 Å². The normalized spacial score (nSPS) is 10.4. The van der Waals surface area contributed by atoms with Crippen molar-refractivity contribution < 1.29 is 4.79 Å². The third-order valence-corrected chi connectivity index (χ3v) is 3.07. The van der Waals surface area contributed by atoms with Crippen LogP contribution in [0.2, 0.25) is 0 Å². The van der Waals surface area contributed by atoms with Gasteiger partial charge in [0.2, 0.25) is 5.91 Å². The summed E-state index contributed by atoms with van der Waals surface area (Å²) in [5.41, 5.74) is 1.16. The second-order valence-electron chi connectivity index (χ2n) is 3.85. The lowest BCUT2D eigenvalue weighted by atomic mass is 10.0. The third kappa shape index (κ3) is 3.07. The second kappa shape index (κ2) is 5.82. The van der Waals surface area contributed by atoms with Crippen LogP contribution in [0.5, 0.6) is 0 Å². The van der Waals surface area contributed by atoms with Crippen LogP contribution in [0.15, 0.2) is 42.5 Å². The minimum Gasteiger partial charge on any atom is -0.352 e. The summed E-state index contributed by atoms with van der Waals surface area (Å²) in [6.07, 6.45) is 0.519. The van der Waals surface area contributed by atoms with Crippen LogP contribution in [0, 0.1) is 0 Å². The zero-order chi connectivity index (χ0) is 12.1. The summed E-state index contributed by atoms with van der Waals surface area (Å²) in [4.78, 5) is 11.4.